The summed E-state index contributed by atoms with van der Waals surface area (Å²) >= 11 is 0. The molecule has 2 atom stereocenters. The summed E-state index contributed by atoms with van der Waals surface area (Å²) in [5, 5.41) is 3.57. The van der Waals surface area contributed by atoms with E-state index in [1.807, 2.05) is 13.1 Å². The summed E-state index contributed by atoms with van der Waals surface area (Å²) in [6, 6.07) is 0.404. The molecule has 1 aromatic heterocycles. The van der Waals surface area contributed by atoms with Crippen LogP contribution in [0.25, 0.3) is 0 Å². The maximum absolute atomic E-state index is 5.92. The van der Waals surface area contributed by atoms with Crippen molar-refractivity contribution in [3.63, 3.8) is 0 Å². The van der Waals surface area contributed by atoms with Gasteiger partial charge in [0, 0.05) is 30.1 Å². The number of aromatic nitrogens is 2. The summed E-state index contributed by atoms with van der Waals surface area (Å²) in [4.78, 5) is 9.54. The Balaban J connectivity index is 2.35. The second-order valence-electron chi connectivity index (χ2n) is 5.97. The minimum Gasteiger partial charge on any atom is -0.368 e. The van der Waals surface area contributed by atoms with Gasteiger partial charge < -0.3 is 10.1 Å². The number of rotatable bonds is 6. The Bertz CT molecular complexity index is 463. The number of hydrogen-bond acceptors (Lipinski definition) is 4. The molecule has 0 saturated heterocycles. The van der Waals surface area contributed by atoms with Crippen LogP contribution in [-0.4, -0.2) is 23.1 Å². The zero-order chi connectivity index (χ0) is 15.3. The molecule has 2 unspecified atom stereocenters. The molecule has 4 nitrogen and oxygen atoms in total. The Kier molecular flexibility index (Phi) is 5.71. The number of fused-ring (bicyclic) bond motifs is 1. The van der Waals surface area contributed by atoms with Crippen molar-refractivity contribution in [1.29, 1.82) is 0 Å². The molecular weight excluding hydrogens is 262 g/mol. The third kappa shape index (κ3) is 3.61. The maximum Gasteiger partial charge on any atom is 0.160 e. The molecule has 1 aliphatic rings. The Hall–Kier alpha value is -1.00. The first kappa shape index (κ1) is 16.4. The number of hydrogen-bond donors (Lipinski definition) is 1. The standard InChI is InChI=1S/C17H29N3O/c1-5-17(4,21-7-3)16-19-12-13-14(18-6-2)10-8-9-11-15(13)20-16/h12,14,18H,5-11H2,1-4H3. The summed E-state index contributed by atoms with van der Waals surface area (Å²) in [5.41, 5.74) is 2.12. The second kappa shape index (κ2) is 7.32. The van der Waals surface area contributed by atoms with Gasteiger partial charge >= 0.3 is 0 Å². The van der Waals surface area contributed by atoms with Crippen molar-refractivity contribution in [1.82, 2.24) is 15.3 Å². The third-order valence-corrected chi connectivity index (χ3v) is 4.49. The second-order valence-corrected chi connectivity index (χ2v) is 5.97. The average Bonchev–Trinajstić information content (AvgIpc) is 2.70. The molecule has 0 amide bonds. The minimum absolute atomic E-state index is 0.371. The third-order valence-electron chi connectivity index (χ3n) is 4.49. The molecule has 1 N–H and O–H groups in total. The van der Waals surface area contributed by atoms with Crippen molar-refractivity contribution < 1.29 is 4.74 Å². The first-order valence-electron chi connectivity index (χ1n) is 8.38. The lowest BCUT2D eigenvalue weighted by atomic mass is 10.00. The van der Waals surface area contributed by atoms with Crippen LogP contribution in [-0.2, 0) is 16.8 Å². The van der Waals surface area contributed by atoms with Crippen molar-refractivity contribution >= 4 is 0 Å². The van der Waals surface area contributed by atoms with Crippen LogP contribution in [0.5, 0.6) is 0 Å². The molecule has 1 aromatic rings. The normalized spacial score (nSPS) is 21.4. The molecule has 0 radical (unpaired) electrons. The van der Waals surface area contributed by atoms with E-state index in [-0.39, 0.29) is 5.60 Å². The van der Waals surface area contributed by atoms with Crippen LogP contribution in [0.1, 0.15) is 76.5 Å². The Labute approximate surface area is 128 Å². The molecule has 0 saturated carbocycles. The van der Waals surface area contributed by atoms with E-state index in [1.54, 1.807) is 0 Å². The SMILES string of the molecule is CCNC1CCCCc2nc(C(C)(CC)OCC)ncc21. The maximum atomic E-state index is 5.92. The number of nitrogens with one attached hydrogen (secondary N) is 1. The summed E-state index contributed by atoms with van der Waals surface area (Å²) < 4.78 is 5.92. The topological polar surface area (TPSA) is 47.0 Å². The average molecular weight is 291 g/mol. The van der Waals surface area contributed by atoms with Gasteiger partial charge in [0.25, 0.3) is 0 Å². The Morgan fingerprint density at radius 1 is 1.33 bits per heavy atom. The largest absolute Gasteiger partial charge is 0.368 e. The zero-order valence-electron chi connectivity index (χ0n) is 13.9. The highest BCUT2D eigenvalue weighted by Crippen LogP contribution is 2.31. The fourth-order valence-electron chi connectivity index (χ4n) is 3.07. The smallest absolute Gasteiger partial charge is 0.160 e. The van der Waals surface area contributed by atoms with Crippen LogP contribution in [0, 0.1) is 0 Å². The van der Waals surface area contributed by atoms with Gasteiger partial charge in [0.05, 0.1) is 0 Å². The fraction of sp³-hybridized carbons (Fsp3) is 0.765. The fourth-order valence-corrected chi connectivity index (χ4v) is 3.07. The van der Waals surface area contributed by atoms with Gasteiger partial charge in [-0.2, -0.15) is 0 Å². The molecule has 0 fully saturated rings. The lowest BCUT2D eigenvalue weighted by Crippen LogP contribution is -2.29. The predicted molar refractivity (Wildman–Crippen MR) is 85.3 cm³/mol. The van der Waals surface area contributed by atoms with Gasteiger partial charge in [-0.15, -0.1) is 0 Å². The van der Waals surface area contributed by atoms with E-state index in [0.717, 1.165) is 25.2 Å². The van der Waals surface area contributed by atoms with E-state index in [1.165, 1.54) is 30.5 Å². The molecule has 0 bridgehead atoms. The van der Waals surface area contributed by atoms with Crippen LogP contribution in [0.2, 0.25) is 0 Å². The van der Waals surface area contributed by atoms with Gasteiger partial charge in [0.15, 0.2) is 5.82 Å². The molecule has 0 aromatic carbocycles. The van der Waals surface area contributed by atoms with Crippen molar-refractivity contribution in [2.24, 2.45) is 0 Å². The predicted octanol–water partition coefficient (Wildman–Crippen LogP) is 3.52. The Morgan fingerprint density at radius 3 is 2.81 bits per heavy atom. The molecule has 0 aliphatic heterocycles. The molecule has 21 heavy (non-hydrogen) atoms. The lowest BCUT2D eigenvalue weighted by Gasteiger charge is -2.27. The summed E-state index contributed by atoms with van der Waals surface area (Å²) in [7, 11) is 0. The van der Waals surface area contributed by atoms with Gasteiger partial charge in [-0.25, -0.2) is 9.97 Å². The number of ether oxygens (including phenoxy) is 1. The summed E-state index contributed by atoms with van der Waals surface area (Å²) in [6.45, 7) is 10.1. The highest BCUT2D eigenvalue weighted by molar-refractivity contribution is 5.24. The van der Waals surface area contributed by atoms with E-state index in [2.05, 4.69) is 31.1 Å². The van der Waals surface area contributed by atoms with Gasteiger partial charge in [0.2, 0.25) is 0 Å². The highest BCUT2D eigenvalue weighted by Gasteiger charge is 2.30. The zero-order valence-corrected chi connectivity index (χ0v) is 13.9. The van der Waals surface area contributed by atoms with E-state index >= 15 is 0 Å². The lowest BCUT2D eigenvalue weighted by molar-refractivity contribution is -0.0392. The van der Waals surface area contributed by atoms with Crippen LogP contribution in [0.4, 0.5) is 0 Å². The summed E-state index contributed by atoms with van der Waals surface area (Å²) in [6.07, 6.45) is 7.61. The molecular formula is C17H29N3O. The van der Waals surface area contributed by atoms with Crippen LogP contribution in [0.15, 0.2) is 6.20 Å². The molecule has 2 rings (SSSR count). The van der Waals surface area contributed by atoms with E-state index in [4.69, 9.17) is 9.72 Å². The molecule has 118 valence electrons. The van der Waals surface area contributed by atoms with Crippen molar-refractivity contribution in [3.8, 4) is 0 Å². The molecule has 1 aliphatic carbocycles. The van der Waals surface area contributed by atoms with Crippen molar-refractivity contribution in [3.05, 3.63) is 23.3 Å². The molecule has 0 spiro atoms. The van der Waals surface area contributed by atoms with Crippen molar-refractivity contribution in [2.75, 3.05) is 13.2 Å². The Morgan fingerprint density at radius 2 is 2.14 bits per heavy atom. The molecule has 1 heterocycles. The first-order chi connectivity index (χ1) is 10.1. The van der Waals surface area contributed by atoms with Gasteiger partial charge in [-0.3, -0.25) is 0 Å². The van der Waals surface area contributed by atoms with E-state index in [9.17, 15) is 0 Å². The minimum atomic E-state index is -0.371. The van der Waals surface area contributed by atoms with Crippen LogP contribution in [0.3, 0.4) is 0 Å². The quantitative estimate of drug-likeness (QED) is 0.815. The van der Waals surface area contributed by atoms with Gasteiger partial charge in [-0.1, -0.05) is 20.3 Å². The van der Waals surface area contributed by atoms with Crippen LogP contribution >= 0.6 is 0 Å². The van der Waals surface area contributed by atoms with Crippen LogP contribution < -0.4 is 5.32 Å². The van der Waals surface area contributed by atoms with Gasteiger partial charge in [0.1, 0.15) is 5.60 Å². The summed E-state index contributed by atoms with van der Waals surface area (Å²) in [5.74, 6) is 0.836. The van der Waals surface area contributed by atoms with Crippen molar-refractivity contribution in [2.45, 2.75) is 71.4 Å². The highest BCUT2D eigenvalue weighted by atomic mass is 16.5. The van der Waals surface area contributed by atoms with E-state index in [0.29, 0.717) is 12.6 Å². The monoisotopic (exact) mass is 291 g/mol. The number of nitrogens with zero attached hydrogens (tertiary/aromatic N) is 2. The van der Waals surface area contributed by atoms with E-state index < -0.39 is 0 Å². The van der Waals surface area contributed by atoms with Gasteiger partial charge in [-0.05, 0) is 46.1 Å². The molecule has 4 heteroatoms. The number of aryl methyl sites for hydroxylation is 1. The first-order valence-corrected chi connectivity index (χ1v) is 8.38.